The highest BCUT2D eigenvalue weighted by Gasteiger charge is 2.15. The zero-order chi connectivity index (χ0) is 15.1. The van der Waals surface area contributed by atoms with Gasteiger partial charge in [0.25, 0.3) is 0 Å². The monoisotopic (exact) mass is 284 g/mol. The number of rotatable bonds is 2. The maximum Gasteiger partial charge on any atom is 0.337 e. The SMILES string of the molecule is Cc1cc(=O)oc2c1c(C)nn2-c1ccc(C(=O)O)cc1. The molecule has 0 amide bonds. The van der Waals surface area contributed by atoms with E-state index in [2.05, 4.69) is 5.10 Å². The number of aromatic nitrogens is 2. The summed E-state index contributed by atoms with van der Waals surface area (Å²) in [6.45, 7) is 3.66. The first-order chi connectivity index (χ1) is 9.97. The molecule has 0 atom stereocenters. The van der Waals surface area contributed by atoms with Crippen molar-refractivity contribution in [1.29, 1.82) is 0 Å². The molecule has 0 spiro atoms. The minimum Gasteiger partial charge on any atom is -0.478 e. The van der Waals surface area contributed by atoms with Crippen molar-refractivity contribution < 1.29 is 14.3 Å². The third-order valence-electron chi connectivity index (χ3n) is 3.30. The molecule has 0 radical (unpaired) electrons. The number of fused-ring (bicyclic) bond motifs is 1. The van der Waals surface area contributed by atoms with E-state index in [1.165, 1.54) is 22.9 Å². The first kappa shape index (κ1) is 13.1. The Kier molecular flexibility index (Phi) is 2.86. The van der Waals surface area contributed by atoms with E-state index in [9.17, 15) is 9.59 Å². The van der Waals surface area contributed by atoms with Gasteiger partial charge in [-0.25, -0.2) is 9.59 Å². The molecule has 1 N–H and O–H groups in total. The zero-order valence-corrected chi connectivity index (χ0v) is 11.5. The molecule has 0 saturated heterocycles. The van der Waals surface area contributed by atoms with Gasteiger partial charge in [-0.1, -0.05) is 0 Å². The lowest BCUT2D eigenvalue weighted by molar-refractivity contribution is 0.0697. The smallest absolute Gasteiger partial charge is 0.337 e. The van der Waals surface area contributed by atoms with Crippen molar-refractivity contribution in [3.05, 3.63) is 57.6 Å². The Balaban J connectivity index is 2.25. The lowest BCUT2D eigenvalue weighted by atomic mass is 10.2. The fourth-order valence-corrected chi connectivity index (χ4v) is 2.35. The van der Waals surface area contributed by atoms with Crippen molar-refractivity contribution in [2.75, 3.05) is 0 Å². The fraction of sp³-hybridized carbons (Fsp3) is 0.133. The van der Waals surface area contributed by atoms with Gasteiger partial charge in [0.15, 0.2) is 0 Å². The van der Waals surface area contributed by atoms with Crippen LogP contribution < -0.4 is 5.63 Å². The minimum atomic E-state index is -0.995. The fourth-order valence-electron chi connectivity index (χ4n) is 2.35. The third-order valence-corrected chi connectivity index (χ3v) is 3.30. The maximum atomic E-state index is 11.6. The molecule has 21 heavy (non-hydrogen) atoms. The van der Waals surface area contributed by atoms with Crippen LogP contribution in [0.3, 0.4) is 0 Å². The number of aryl methyl sites for hydroxylation is 2. The summed E-state index contributed by atoms with van der Waals surface area (Å²) in [5.74, 6) is -0.995. The molecule has 0 aliphatic rings. The van der Waals surface area contributed by atoms with E-state index in [1.54, 1.807) is 12.1 Å². The van der Waals surface area contributed by atoms with Crippen molar-refractivity contribution in [3.63, 3.8) is 0 Å². The van der Waals surface area contributed by atoms with Gasteiger partial charge in [0.05, 0.1) is 22.3 Å². The van der Waals surface area contributed by atoms with Crippen LogP contribution in [0.4, 0.5) is 0 Å². The van der Waals surface area contributed by atoms with Gasteiger partial charge < -0.3 is 9.52 Å². The van der Waals surface area contributed by atoms with Crippen molar-refractivity contribution in [2.45, 2.75) is 13.8 Å². The van der Waals surface area contributed by atoms with E-state index < -0.39 is 11.6 Å². The molecular weight excluding hydrogens is 272 g/mol. The van der Waals surface area contributed by atoms with Crippen molar-refractivity contribution >= 4 is 17.1 Å². The van der Waals surface area contributed by atoms with E-state index in [-0.39, 0.29) is 5.56 Å². The van der Waals surface area contributed by atoms with Crippen LogP contribution in [0.5, 0.6) is 0 Å². The second kappa shape index (κ2) is 4.59. The Hall–Kier alpha value is -2.89. The number of aromatic carboxylic acids is 1. The normalized spacial score (nSPS) is 11.0. The summed E-state index contributed by atoms with van der Waals surface area (Å²) in [6, 6.07) is 7.63. The van der Waals surface area contributed by atoms with Crippen LogP contribution in [0.25, 0.3) is 16.8 Å². The van der Waals surface area contributed by atoms with E-state index in [4.69, 9.17) is 9.52 Å². The summed E-state index contributed by atoms with van der Waals surface area (Å²) >= 11 is 0. The predicted octanol–water partition coefficient (Wildman–Crippen LogP) is 2.29. The highest BCUT2D eigenvalue weighted by Crippen LogP contribution is 2.23. The largest absolute Gasteiger partial charge is 0.478 e. The Bertz CT molecular complexity index is 904. The summed E-state index contributed by atoms with van der Waals surface area (Å²) < 4.78 is 6.76. The van der Waals surface area contributed by atoms with Crippen LogP contribution in [0, 0.1) is 13.8 Å². The summed E-state index contributed by atoms with van der Waals surface area (Å²) in [6.07, 6.45) is 0. The summed E-state index contributed by atoms with van der Waals surface area (Å²) in [4.78, 5) is 22.4. The molecule has 0 fully saturated rings. The summed E-state index contributed by atoms with van der Waals surface area (Å²) in [5.41, 5.74) is 2.28. The average Bonchev–Trinajstić information content (AvgIpc) is 2.76. The van der Waals surface area contributed by atoms with Gasteiger partial charge in [-0.2, -0.15) is 9.78 Å². The second-order valence-electron chi connectivity index (χ2n) is 4.78. The first-order valence-electron chi connectivity index (χ1n) is 6.31. The van der Waals surface area contributed by atoms with Crippen molar-refractivity contribution in [3.8, 4) is 5.69 Å². The molecule has 0 unspecified atom stereocenters. The Morgan fingerprint density at radius 2 is 1.90 bits per heavy atom. The van der Waals surface area contributed by atoms with E-state index in [0.29, 0.717) is 11.4 Å². The highest BCUT2D eigenvalue weighted by molar-refractivity contribution is 5.88. The van der Waals surface area contributed by atoms with Gasteiger partial charge in [0.2, 0.25) is 5.71 Å². The number of hydrogen-bond donors (Lipinski definition) is 1. The van der Waals surface area contributed by atoms with Gasteiger partial charge in [-0.15, -0.1) is 0 Å². The maximum absolute atomic E-state index is 11.6. The molecule has 0 aliphatic heterocycles. The molecular formula is C15H12N2O4. The van der Waals surface area contributed by atoms with Gasteiger partial charge >= 0.3 is 11.6 Å². The van der Waals surface area contributed by atoms with Gasteiger partial charge in [0, 0.05) is 6.07 Å². The lowest BCUT2D eigenvalue weighted by Gasteiger charge is -2.03. The van der Waals surface area contributed by atoms with Gasteiger partial charge in [-0.3, -0.25) is 0 Å². The quantitative estimate of drug-likeness (QED) is 0.780. The lowest BCUT2D eigenvalue weighted by Crippen LogP contribution is -2.02. The third kappa shape index (κ3) is 2.10. The summed E-state index contributed by atoms with van der Waals surface area (Å²) in [7, 11) is 0. The highest BCUT2D eigenvalue weighted by atomic mass is 16.4. The van der Waals surface area contributed by atoms with E-state index >= 15 is 0 Å². The first-order valence-corrected chi connectivity index (χ1v) is 6.31. The summed E-state index contributed by atoms with van der Waals surface area (Å²) in [5, 5.41) is 14.1. The molecule has 106 valence electrons. The molecule has 3 rings (SSSR count). The molecule has 0 saturated carbocycles. The molecule has 3 aromatic rings. The van der Waals surface area contributed by atoms with Gasteiger partial charge in [0.1, 0.15) is 0 Å². The number of benzene rings is 1. The van der Waals surface area contributed by atoms with Gasteiger partial charge in [-0.05, 0) is 43.7 Å². The number of nitrogens with zero attached hydrogens (tertiary/aromatic N) is 2. The topological polar surface area (TPSA) is 85.3 Å². The molecule has 1 aromatic carbocycles. The van der Waals surface area contributed by atoms with Crippen LogP contribution in [-0.2, 0) is 0 Å². The average molecular weight is 284 g/mol. The number of carboxylic acids is 1. The number of hydrogen-bond acceptors (Lipinski definition) is 4. The number of carbonyl (C=O) groups is 1. The number of carboxylic acid groups (broad SMARTS) is 1. The van der Waals surface area contributed by atoms with E-state index in [0.717, 1.165) is 16.6 Å². The van der Waals surface area contributed by atoms with E-state index in [1.807, 2.05) is 13.8 Å². The van der Waals surface area contributed by atoms with Crippen LogP contribution in [-0.4, -0.2) is 20.9 Å². The molecule has 6 nitrogen and oxygen atoms in total. The Morgan fingerprint density at radius 1 is 1.24 bits per heavy atom. The predicted molar refractivity (Wildman–Crippen MR) is 76.0 cm³/mol. The van der Waals surface area contributed by atoms with Crippen LogP contribution >= 0.6 is 0 Å². The molecule has 2 aromatic heterocycles. The standard InChI is InChI=1S/C15H12N2O4/c1-8-7-12(18)21-14-13(8)9(2)16-17(14)11-5-3-10(4-6-11)15(19)20/h3-7H,1-2H3,(H,19,20). The van der Waals surface area contributed by atoms with Crippen LogP contribution in [0.2, 0.25) is 0 Å². The molecule has 6 heteroatoms. The minimum absolute atomic E-state index is 0.185. The van der Waals surface area contributed by atoms with Crippen LogP contribution in [0.15, 0.2) is 39.5 Å². The molecule has 0 aliphatic carbocycles. The van der Waals surface area contributed by atoms with Crippen molar-refractivity contribution in [1.82, 2.24) is 9.78 Å². The second-order valence-corrected chi connectivity index (χ2v) is 4.78. The molecule has 0 bridgehead atoms. The zero-order valence-electron chi connectivity index (χ0n) is 11.5. The van der Waals surface area contributed by atoms with Crippen LogP contribution in [0.1, 0.15) is 21.6 Å². The van der Waals surface area contributed by atoms with Crippen molar-refractivity contribution in [2.24, 2.45) is 0 Å². The molecule has 2 heterocycles. The Morgan fingerprint density at radius 3 is 2.52 bits per heavy atom. The Labute approximate surface area is 119 Å².